The second-order valence-electron chi connectivity index (χ2n) is 9.38. The molecule has 0 bridgehead atoms. The van der Waals surface area contributed by atoms with Crippen molar-refractivity contribution in [2.24, 2.45) is 5.10 Å². The fraction of sp³-hybridized carbons (Fsp3) is 0.152. The zero-order chi connectivity index (χ0) is 32.1. The number of esters is 1. The lowest BCUT2D eigenvalue weighted by atomic mass is 10.1. The molecule has 5 aromatic rings. The fourth-order valence-electron chi connectivity index (χ4n) is 4.52. The van der Waals surface area contributed by atoms with Crippen LogP contribution in [-0.4, -0.2) is 49.8 Å². The Kier molecular flexibility index (Phi) is 9.56. The average molecular weight is 648 g/mol. The van der Waals surface area contributed by atoms with E-state index in [-0.39, 0.29) is 27.9 Å². The summed E-state index contributed by atoms with van der Waals surface area (Å²) in [6.45, 7) is 2.10. The summed E-state index contributed by atoms with van der Waals surface area (Å²) in [4.78, 5) is 31.3. The first-order valence-corrected chi connectivity index (χ1v) is 14.3. The Labute approximate surface area is 268 Å². The molecule has 0 saturated heterocycles. The molecule has 0 aliphatic carbocycles. The van der Waals surface area contributed by atoms with E-state index in [2.05, 4.69) is 5.10 Å². The Hall–Kier alpha value is -5.06. The molecule has 4 aromatic carbocycles. The van der Waals surface area contributed by atoms with Crippen molar-refractivity contribution in [1.82, 2.24) is 9.66 Å². The quantitative estimate of drug-likeness (QED) is 0.0915. The molecule has 0 aliphatic heterocycles. The number of carbonyl (C=O) groups excluding carboxylic acids is 1. The molecule has 1 heterocycles. The van der Waals surface area contributed by atoms with Crippen LogP contribution in [0.1, 0.15) is 22.8 Å². The highest BCUT2D eigenvalue weighted by Crippen LogP contribution is 2.41. The van der Waals surface area contributed by atoms with Crippen molar-refractivity contribution in [2.45, 2.75) is 6.92 Å². The molecule has 1 aromatic heterocycles. The lowest BCUT2D eigenvalue weighted by Gasteiger charge is -2.15. The fourth-order valence-corrected chi connectivity index (χ4v) is 5.01. The number of carbonyl (C=O) groups is 1. The Morgan fingerprint density at radius 1 is 0.889 bits per heavy atom. The molecule has 0 aliphatic rings. The Morgan fingerprint density at radius 2 is 1.62 bits per heavy atom. The first-order valence-electron chi connectivity index (χ1n) is 13.6. The van der Waals surface area contributed by atoms with Gasteiger partial charge in [0.25, 0.3) is 5.56 Å². The highest BCUT2D eigenvalue weighted by Gasteiger charge is 2.20. The molecule has 0 N–H and O–H groups in total. The maximum atomic E-state index is 13.7. The number of para-hydroxylation sites is 1. The van der Waals surface area contributed by atoms with Crippen molar-refractivity contribution in [1.29, 1.82) is 0 Å². The van der Waals surface area contributed by atoms with Gasteiger partial charge < -0.3 is 23.7 Å². The topological polar surface area (TPSA) is 110 Å². The molecule has 12 heteroatoms. The summed E-state index contributed by atoms with van der Waals surface area (Å²) in [5, 5.41) is 5.46. The van der Waals surface area contributed by atoms with Crippen LogP contribution in [0, 0.1) is 0 Å². The van der Waals surface area contributed by atoms with E-state index >= 15 is 0 Å². The largest absolute Gasteiger partial charge is 0.493 e. The SMILES string of the molecule is CCOc1cc(C=Nn2c(-c3cc(OC)c(OC)c(OC)c3)nc3ccccc3c2=O)ccc1OC(=O)c1ccc(Cl)cc1Cl. The minimum atomic E-state index is -0.678. The van der Waals surface area contributed by atoms with E-state index in [0.29, 0.717) is 50.9 Å². The molecule has 230 valence electrons. The predicted molar refractivity (Wildman–Crippen MR) is 173 cm³/mol. The number of halogens is 2. The number of nitrogens with zero attached hydrogens (tertiary/aromatic N) is 3. The van der Waals surface area contributed by atoms with E-state index in [4.69, 9.17) is 51.9 Å². The summed E-state index contributed by atoms with van der Waals surface area (Å²) >= 11 is 12.1. The summed E-state index contributed by atoms with van der Waals surface area (Å²) in [6, 6.07) is 19.7. The molecule has 0 amide bonds. The van der Waals surface area contributed by atoms with E-state index in [1.807, 2.05) is 0 Å². The molecule has 0 fully saturated rings. The van der Waals surface area contributed by atoms with Gasteiger partial charge in [-0.3, -0.25) is 4.79 Å². The van der Waals surface area contributed by atoms with Gasteiger partial charge in [-0.05, 0) is 73.2 Å². The van der Waals surface area contributed by atoms with Crippen LogP contribution in [0.25, 0.3) is 22.3 Å². The predicted octanol–water partition coefficient (Wildman–Crippen LogP) is 6.90. The van der Waals surface area contributed by atoms with Crippen LogP contribution in [0.4, 0.5) is 0 Å². The molecular weight excluding hydrogens is 621 g/mol. The van der Waals surface area contributed by atoms with E-state index in [1.165, 1.54) is 44.4 Å². The van der Waals surface area contributed by atoms with Gasteiger partial charge in [-0.1, -0.05) is 35.3 Å². The number of benzene rings is 4. The van der Waals surface area contributed by atoms with Crippen LogP contribution >= 0.6 is 23.2 Å². The van der Waals surface area contributed by atoms with Gasteiger partial charge in [0.05, 0.1) is 55.6 Å². The van der Waals surface area contributed by atoms with Gasteiger partial charge in [-0.15, -0.1) is 0 Å². The molecular formula is C33H27Cl2N3O7. The van der Waals surface area contributed by atoms with Crippen molar-refractivity contribution in [3.05, 3.63) is 104 Å². The zero-order valence-electron chi connectivity index (χ0n) is 24.7. The summed E-state index contributed by atoms with van der Waals surface area (Å²) < 4.78 is 29.0. The molecule has 0 spiro atoms. The standard InChI is InChI=1S/C33H27Cl2N3O7/c1-5-44-27-14-19(10-13-26(27)45-33(40)22-12-11-21(34)17-24(22)35)18-36-38-31(37-25-9-7-6-8-23(25)32(38)39)20-15-28(41-2)30(43-4)29(16-20)42-3/h6-18H,5H2,1-4H3. The second kappa shape index (κ2) is 13.7. The van der Waals surface area contributed by atoms with Gasteiger partial charge in [0, 0.05) is 10.6 Å². The van der Waals surface area contributed by atoms with Gasteiger partial charge in [0.15, 0.2) is 28.8 Å². The highest BCUT2D eigenvalue weighted by atomic mass is 35.5. The molecule has 0 atom stereocenters. The Morgan fingerprint density at radius 3 is 2.29 bits per heavy atom. The van der Waals surface area contributed by atoms with Crippen LogP contribution in [0.5, 0.6) is 28.7 Å². The third kappa shape index (κ3) is 6.57. The van der Waals surface area contributed by atoms with Crippen molar-refractivity contribution in [3.8, 4) is 40.1 Å². The summed E-state index contributed by atoms with van der Waals surface area (Å²) in [5.74, 6) is 1.19. The Bertz CT molecular complexity index is 1970. The van der Waals surface area contributed by atoms with Crippen molar-refractivity contribution in [3.63, 3.8) is 0 Å². The van der Waals surface area contributed by atoms with Crippen LogP contribution in [0.15, 0.2) is 82.7 Å². The van der Waals surface area contributed by atoms with Crippen molar-refractivity contribution in [2.75, 3.05) is 27.9 Å². The van der Waals surface area contributed by atoms with Gasteiger partial charge >= 0.3 is 5.97 Å². The van der Waals surface area contributed by atoms with E-state index in [1.54, 1.807) is 67.6 Å². The number of hydrogen-bond donors (Lipinski definition) is 0. The minimum Gasteiger partial charge on any atom is -0.493 e. The van der Waals surface area contributed by atoms with Gasteiger partial charge in [-0.2, -0.15) is 9.78 Å². The van der Waals surface area contributed by atoms with E-state index in [9.17, 15) is 9.59 Å². The third-order valence-corrected chi connectivity index (χ3v) is 7.17. The highest BCUT2D eigenvalue weighted by molar-refractivity contribution is 6.36. The second-order valence-corrected chi connectivity index (χ2v) is 10.2. The summed E-state index contributed by atoms with van der Waals surface area (Å²) in [5.41, 5.74) is 1.30. The summed E-state index contributed by atoms with van der Waals surface area (Å²) in [7, 11) is 4.51. The van der Waals surface area contributed by atoms with E-state index in [0.717, 1.165) is 0 Å². The lowest BCUT2D eigenvalue weighted by molar-refractivity contribution is 0.0728. The van der Waals surface area contributed by atoms with Crippen LogP contribution < -0.4 is 29.2 Å². The monoisotopic (exact) mass is 647 g/mol. The normalized spacial score (nSPS) is 11.1. The number of fused-ring (bicyclic) bond motifs is 1. The number of aromatic nitrogens is 2. The molecule has 10 nitrogen and oxygen atoms in total. The first-order chi connectivity index (χ1) is 21.8. The maximum absolute atomic E-state index is 13.7. The summed E-state index contributed by atoms with van der Waals surface area (Å²) in [6.07, 6.45) is 1.48. The number of hydrogen-bond acceptors (Lipinski definition) is 9. The van der Waals surface area contributed by atoms with Gasteiger partial charge in [0.1, 0.15) is 0 Å². The number of rotatable bonds is 10. The first kappa shape index (κ1) is 31.4. The number of ether oxygens (including phenoxy) is 5. The van der Waals surface area contributed by atoms with Crippen molar-refractivity contribution < 1.29 is 28.5 Å². The maximum Gasteiger partial charge on any atom is 0.345 e. The molecule has 0 radical (unpaired) electrons. The molecule has 5 rings (SSSR count). The number of methoxy groups -OCH3 is 3. The molecule has 0 unspecified atom stereocenters. The van der Waals surface area contributed by atoms with Crippen LogP contribution in [0.2, 0.25) is 10.0 Å². The minimum absolute atomic E-state index is 0.150. The van der Waals surface area contributed by atoms with Crippen molar-refractivity contribution >= 4 is 46.3 Å². The third-order valence-electron chi connectivity index (χ3n) is 6.62. The zero-order valence-corrected chi connectivity index (χ0v) is 26.2. The Balaban J connectivity index is 1.57. The average Bonchev–Trinajstić information content (AvgIpc) is 3.04. The van der Waals surface area contributed by atoms with Gasteiger partial charge in [-0.25, -0.2) is 9.78 Å². The molecule has 45 heavy (non-hydrogen) atoms. The van der Waals surface area contributed by atoms with Crippen LogP contribution in [0.3, 0.4) is 0 Å². The smallest absolute Gasteiger partial charge is 0.345 e. The molecule has 0 saturated carbocycles. The van der Waals surface area contributed by atoms with E-state index < -0.39 is 11.5 Å². The van der Waals surface area contributed by atoms with Crippen LogP contribution in [-0.2, 0) is 0 Å². The lowest BCUT2D eigenvalue weighted by Crippen LogP contribution is -2.20. The van der Waals surface area contributed by atoms with Gasteiger partial charge in [0.2, 0.25) is 5.75 Å².